The van der Waals surface area contributed by atoms with Crippen LogP contribution < -0.4 is 4.72 Å². The van der Waals surface area contributed by atoms with Gasteiger partial charge in [-0.25, -0.2) is 9.97 Å². The van der Waals surface area contributed by atoms with Gasteiger partial charge in [0, 0.05) is 29.3 Å². The average molecular weight is 309 g/mol. The molecule has 1 unspecified atom stereocenters. The fourth-order valence-electron chi connectivity index (χ4n) is 1.36. The van der Waals surface area contributed by atoms with E-state index in [1.807, 2.05) is 27.7 Å². The van der Waals surface area contributed by atoms with Gasteiger partial charge in [-0.1, -0.05) is 6.92 Å². The molecule has 0 aliphatic carbocycles. The molecule has 20 heavy (non-hydrogen) atoms. The molecular formula is C12H18F3N3OS. The lowest BCUT2D eigenvalue weighted by Crippen LogP contribution is -2.41. The largest absolute Gasteiger partial charge is 0.598 e. The lowest BCUT2D eigenvalue weighted by atomic mass is 10.1. The van der Waals surface area contributed by atoms with Gasteiger partial charge in [-0.2, -0.15) is 13.2 Å². The zero-order chi connectivity index (χ0) is 15.6. The summed E-state index contributed by atoms with van der Waals surface area (Å²) in [5.41, 5.74) is 0.484. The molecule has 0 saturated heterocycles. The summed E-state index contributed by atoms with van der Waals surface area (Å²) in [4.78, 5) is 6.63. The van der Waals surface area contributed by atoms with Crippen molar-refractivity contribution in [2.24, 2.45) is 0 Å². The van der Waals surface area contributed by atoms with E-state index in [9.17, 15) is 17.7 Å². The summed E-state index contributed by atoms with van der Waals surface area (Å²) in [6.07, 6.45) is -1.74. The Balaban J connectivity index is 2.86. The van der Waals surface area contributed by atoms with Gasteiger partial charge in [0.25, 0.3) is 0 Å². The van der Waals surface area contributed by atoms with E-state index in [-0.39, 0.29) is 6.04 Å². The topological polar surface area (TPSA) is 60.9 Å². The Morgan fingerprint density at radius 1 is 1.25 bits per heavy atom. The number of hydrogen-bond acceptors (Lipinski definition) is 4. The molecule has 1 heterocycles. The first kappa shape index (κ1) is 17.2. The van der Waals surface area contributed by atoms with Crippen LogP contribution in [0.5, 0.6) is 0 Å². The number of nitrogens with one attached hydrogen (secondary N) is 1. The standard InChI is InChI=1S/C12H18F3N3OS/c1-5-9(18-20(19)11(2,3)4)8-6-16-10(17-7-8)12(13,14)15/h6-7,9,18H,5H2,1-4H3/t9?,20-/m1/s1. The van der Waals surface area contributed by atoms with E-state index >= 15 is 0 Å². The summed E-state index contributed by atoms with van der Waals surface area (Å²) < 4.78 is 51.6. The highest BCUT2D eigenvalue weighted by molar-refractivity contribution is 7.90. The van der Waals surface area contributed by atoms with E-state index < -0.39 is 28.1 Å². The molecule has 1 N–H and O–H groups in total. The van der Waals surface area contributed by atoms with Gasteiger partial charge >= 0.3 is 6.18 Å². The molecule has 2 atom stereocenters. The van der Waals surface area contributed by atoms with E-state index in [0.29, 0.717) is 12.0 Å². The predicted molar refractivity (Wildman–Crippen MR) is 71.1 cm³/mol. The fraction of sp³-hybridized carbons (Fsp3) is 0.667. The average Bonchev–Trinajstić information content (AvgIpc) is 2.33. The van der Waals surface area contributed by atoms with Crippen LogP contribution in [0.4, 0.5) is 13.2 Å². The van der Waals surface area contributed by atoms with E-state index in [1.165, 1.54) is 0 Å². The maximum Gasteiger partial charge on any atom is 0.451 e. The molecule has 4 nitrogen and oxygen atoms in total. The monoisotopic (exact) mass is 309 g/mol. The van der Waals surface area contributed by atoms with Crippen LogP contribution in [-0.2, 0) is 17.5 Å². The van der Waals surface area contributed by atoms with E-state index in [0.717, 1.165) is 12.4 Å². The molecular weight excluding hydrogens is 291 g/mol. The Bertz CT molecular complexity index is 431. The summed E-state index contributed by atoms with van der Waals surface area (Å²) in [6.45, 7) is 7.28. The first-order valence-corrected chi connectivity index (χ1v) is 7.28. The SMILES string of the molecule is CCC(N[S@+]([O-])C(C)(C)C)c1cnc(C(F)(F)F)nc1. The van der Waals surface area contributed by atoms with Crippen molar-refractivity contribution >= 4 is 11.4 Å². The lowest BCUT2D eigenvalue weighted by molar-refractivity contribution is -0.145. The molecule has 0 aliphatic rings. The molecule has 0 spiro atoms. The molecule has 1 rings (SSSR count). The highest BCUT2D eigenvalue weighted by atomic mass is 32.2. The smallest absolute Gasteiger partial charge is 0.451 e. The van der Waals surface area contributed by atoms with E-state index in [2.05, 4.69) is 14.7 Å². The number of aromatic nitrogens is 2. The van der Waals surface area contributed by atoms with Crippen molar-refractivity contribution < 1.29 is 17.7 Å². The van der Waals surface area contributed by atoms with Crippen LogP contribution in [0.15, 0.2) is 12.4 Å². The number of nitrogens with zero attached hydrogens (tertiary/aromatic N) is 2. The van der Waals surface area contributed by atoms with Gasteiger partial charge in [-0.05, 0) is 27.2 Å². The minimum absolute atomic E-state index is 0.350. The van der Waals surface area contributed by atoms with Crippen molar-refractivity contribution in [3.8, 4) is 0 Å². The van der Waals surface area contributed by atoms with Gasteiger partial charge in [-0.3, -0.25) is 0 Å². The Hall–Kier alpha value is -0.860. The zero-order valence-corrected chi connectivity index (χ0v) is 12.6. The van der Waals surface area contributed by atoms with Crippen LogP contribution in [0.1, 0.15) is 51.5 Å². The molecule has 114 valence electrons. The quantitative estimate of drug-likeness (QED) is 0.869. The summed E-state index contributed by atoms with van der Waals surface area (Å²) >= 11 is -1.32. The Morgan fingerprint density at radius 2 is 1.75 bits per heavy atom. The van der Waals surface area contributed by atoms with Crippen molar-refractivity contribution in [1.29, 1.82) is 0 Å². The zero-order valence-electron chi connectivity index (χ0n) is 11.8. The van der Waals surface area contributed by atoms with Crippen LogP contribution >= 0.6 is 0 Å². The van der Waals surface area contributed by atoms with E-state index in [1.54, 1.807) is 0 Å². The lowest BCUT2D eigenvalue weighted by Gasteiger charge is -2.27. The molecule has 0 aromatic carbocycles. The molecule has 1 aromatic heterocycles. The Labute approximate surface area is 119 Å². The summed E-state index contributed by atoms with van der Waals surface area (Å²) in [7, 11) is 0. The fourth-order valence-corrected chi connectivity index (χ4v) is 2.27. The van der Waals surface area contributed by atoms with Crippen LogP contribution in [0.2, 0.25) is 0 Å². The second kappa shape index (κ2) is 6.28. The number of hydrogen-bond donors (Lipinski definition) is 1. The molecule has 0 radical (unpaired) electrons. The van der Waals surface area contributed by atoms with Crippen molar-refractivity contribution in [2.75, 3.05) is 0 Å². The van der Waals surface area contributed by atoms with Crippen molar-refractivity contribution in [3.63, 3.8) is 0 Å². The van der Waals surface area contributed by atoms with Gasteiger partial charge in [0.05, 0.1) is 6.04 Å². The van der Waals surface area contributed by atoms with Crippen LogP contribution in [0, 0.1) is 0 Å². The van der Waals surface area contributed by atoms with Crippen LogP contribution in [-0.4, -0.2) is 19.3 Å². The van der Waals surface area contributed by atoms with E-state index in [4.69, 9.17) is 0 Å². The third-order valence-corrected chi connectivity index (χ3v) is 4.15. The molecule has 0 saturated carbocycles. The predicted octanol–water partition coefficient (Wildman–Crippen LogP) is 3.00. The summed E-state index contributed by atoms with van der Waals surface area (Å²) in [6, 6.07) is -0.350. The first-order valence-electron chi connectivity index (χ1n) is 6.13. The molecule has 0 amide bonds. The third-order valence-electron chi connectivity index (χ3n) is 2.54. The summed E-state index contributed by atoms with van der Waals surface area (Å²) in [5.74, 6) is -1.17. The molecule has 0 aliphatic heterocycles. The maximum absolute atomic E-state index is 12.4. The second-order valence-electron chi connectivity index (χ2n) is 5.30. The minimum atomic E-state index is -4.55. The van der Waals surface area contributed by atoms with Crippen molar-refractivity contribution in [1.82, 2.24) is 14.7 Å². The Kier molecular flexibility index (Phi) is 5.39. The Morgan fingerprint density at radius 3 is 2.10 bits per heavy atom. The number of rotatable bonds is 4. The van der Waals surface area contributed by atoms with Gasteiger partial charge < -0.3 is 4.55 Å². The first-order chi connectivity index (χ1) is 9.05. The van der Waals surface area contributed by atoms with Crippen LogP contribution in [0.3, 0.4) is 0 Å². The van der Waals surface area contributed by atoms with Crippen LogP contribution in [0.25, 0.3) is 0 Å². The normalized spacial score (nSPS) is 16.0. The maximum atomic E-state index is 12.4. The number of alkyl halides is 3. The second-order valence-corrected chi connectivity index (χ2v) is 7.30. The van der Waals surface area contributed by atoms with Crippen molar-refractivity contribution in [3.05, 3.63) is 23.8 Å². The van der Waals surface area contributed by atoms with Gasteiger partial charge in [-0.15, -0.1) is 4.72 Å². The third kappa shape index (κ3) is 4.60. The number of halogens is 3. The molecule has 1 aromatic rings. The van der Waals surface area contributed by atoms with Crippen molar-refractivity contribution in [2.45, 2.75) is 51.1 Å². The highest BCUT2D eigenvalue weighted by Crippen LogP contribution is 2.27. The molecule has 0 fully saturated rings. The highest BCUT2D eigenvalue weighted by Gasteiger charge is 2.35. The van der Waals surface area contributed by atoms with Gasteiger partial charge in [0.15, 0.2) is 0 Å². The molecule has 8 heteroatoms. The summed E-state index contributed by atoms with van der Waals surface area (Å²) in [5, 5.41) is 0. The van der Waals surface area contributed by atoms with Gasteiger partial charge in [0.2, 0.25) is 5.82 Å². The van der Waals surface area contributed by atoms with Gasteiger partial charge in [0.1, 0.15) is 4.75 Å². The molecule has 0 bridgehead atoms. The minimum Gasteiger partial charge on any atom is -0.598 e.